The highest BCUT2D eigenvalue weighted by atomic mass is 15.1. The van der Waals surface area contributed by atoms with Gasteiger partial charge in [-0.15, -0.1) is 0 Å². The Kier molecular flexibility index (Phi) is 4.44. The summed E-state index contributed by atoms with van der Waals surface area (Å²) < 4.78 is 2.23. The summed E-state index contributed by atoms with van der Waals surface area (Å²) in [6, 6.07) is 8.62. The third kappa shape index (κ3) is 3.13. The Balaban J connectivity index is 2.13. The third-order valence-electron chi connectivity index (χ3n) is 4.32. The Labute approximate surface area is 137 Å². The van der Waals surface area contributed by atoms with E-state index in [1.54, 1.807) is 0 Å². The average Bonchev–Trinajstić information content (AvgIpc) is 2.88. The van der Waals surface area contributed by atoms with Crippen LogP contribution >= 0.6 is 0 Å². The summed E-state index contributed by atoms with van der Waals surface area (Å²) in [6.45, 7) is 7.94. The molecule has 120 valence electrons. The average molecular weight is 308 g/mol. The number of pyridine rings is 1. The second-order valence-corrected chi connectivity index (χ2v) is 6.24. The molecule has 0 unspecified atom stereocenters. The van der Waals surface area contributed by atoms with Crippen molar-refractivity contribution in [3.8, 4) is 11.4 Å². The summed E-state index contributed by atoms with van der Waals surface area (Å²) in [7, 11) is 0. The van der Waals surface area contributed by atoms with Crippen LogP contribution in [0.2, 0.25) is 0 Å². The molecule has 0 bridgehead atoms. The molecular weight excluding hydrogens is 284 g/mol. The lowest BCUT2D eigenvalue weighted by Crippen LogP contribution is -2.05. The predicted octanol–water partition coefficient (Wildman–Crippen LogP) is 3.76. The third-order valence-corrected chi connectivity index (χ3v) is 4.32. The zero-order valence-corrected chi connectivity index (χ0v) is 14.1. The first kappa shape index (κ1) is 15.7. The van der Waals surface area contributed by atoms with Crippen molar-refractivity contribution in [1.29, 1.82) is 0 Å². The Morgan fingerprint density at radius 1 is 1.04 bits per heavy atom. The lowest BCUT2D eigenvalue weighted by Gasteiger charge is -2.10. The summed E-state index contributed by atoms with van der Waals surface area (Å²) in [5.74, 6) is 0.998. The molecule has 1 aromatic carbocycles. The van der Waals surface area contributed by atoms with Gasteiger partial charge in [0, 0.05) is 18.3 Å². The van der Waals surface area contributed by atoms with Gasteiger partial charge in [0.15, 0.2) is 5.65 Å². The van der Waals surface area contributed by atoms with Gasteiger partial charge in [0.05, 0.1) is 0 Å². The van der Waals surface area contributed by atoms with Crippen molar-refractivity contribution in [1.82, 2.24) is 14.5 Å². The van der Waals surface area contributed by atoms with Gasteiger partial charge >= 0.3 is 0 Å². The Bertz CT molecular complexity index is 833. The molecule has 0 atom stereocenters. The van der Waals surface area contributed by atoms with Gasteiger partial charge in [0.25, 0.3) is 0 Å². The first-order valence-electron chi connectivity index (χ1n) is 8.20. The van der Waals surface area contributed by atoms with E-state index in [2.05, 4.69) is 54.6 Å². The summed E-state index contributed by atoms with van der Waals surface area (Å²) in [4.78, 5) is 9.48. The standard InChI is InChI=1S/C19H24N4/c1-13-10-17-19(21-12-13)23(9-5-4-8-20)18(22-17)16-7-6-14(2)15(3)11-16/h6-7,10-12H,4-5,8-9,20H2,1-3H3. The smallest absolute Gasteiger partial charge is 0.160 e. The molecule has 2 heterocycles. The number of imidazole rings is 1. The maximum absolute atomic E-state index is 5.65. The van der Waals surface area contributed by atoms with E-state index in [4.69, 9.17) is 10.7 Å². The van der Waals surface area contributed by atoms with Crippen LogP contribution in [0, 0.1) is 20.8 Å². The van der Waals surface area contributed by atoms with Gasteiger partial charge in [-0.2, -0.15) is 0 Å². The Morgan fingerprint density at radius 2 is 1.87 bits per heavy atom. The molecule has 0 fully saturated rings. The van der Waals surface area contributed by atoms with Crippen LogP contribution in [0.15, 0.2) is 30.5 Å². The fourth-order valence-electron chi connectivity index (χ4n) is 2.84. The monoisotopic (exact) mass is 308 g/mol. The number of nitrogens with zero attached hydrogens (tertiary/aromatic N) is 3. The molecule has 3 aromatic rings. The maximum Gasteiger partial charge on any atom is 0.160 e. The largest absolute Gasteiger partial charge is 0.330 e. The molecular formula is C19H24N4. The van der Waals surface area contributed by atoms with Crippen LogP contribution in [0.5, 0.6) is 0 Å². The van der Waals surface area contributed by atoms with Crippen LogP contribution in [0.3, 0.4) is 0 Å². The van der Waals surface area contributed by atoms with E-state index < -0.39 is 0 Å². The number of aryl methyl sites for hydroxylation is 4. The van der Waals surface area contributed by atoms with Gasteiger partial charge < -0.3 is 10.3 Å². The van der Waals surface area contributed by atoms with E-state index in [0.717, 1.165) is 54.0 Å². The lowest BCUT2D eigenvalue weighted by molar-refractivity contribution is 0.628. The SMILES string of the molecule is Cc1cnc2c(c1)nc(-c1ccc(C)c(C)c1)n2CCCCN. The quantitative estimate of drug-likeness (QED) is 0.730. The number of rotatable bonds is 5. The minimum Gasteiger partial charge on any atom is -0.330 e. The number of aromatic nitrogens is 3. The fraction of sp³-hybridized carbons (Fsp3) is 0.368. The van der Waals surface area contributed by atoms with Crippen LogP contribution < -0.4 is 5.73 Å². The minimum atomic E-state index is 0.720. The molecule has 0 aliphatic heterocycles. The Hall–Kier alpha value is -2.20. The zero-order chi connectivity index (χ0) is 16.4. The Morgan fingerprint density at radius 3 is 2.61 bits per heavy atom. The molecule has 0 saturated carbocycles. The van der Waals surface area contributed by atoms with E-state index in [1.165, 1.54) is 11.1 Å². The highest BCUT2D eigenvalue weighted by Crippen LogP contribution is 2.26. The van der Waals surface area contributed by atoms with Crippen LogP contribution in [0.4, 0.5) is 0 Å². The number of hydrogen-bond acceptors (Lipinski definition) is 3. The maximum atomic E-state index is 5.65. The summed E-state index contributed by atoms with van der Waals surface area (Å²) in [5, 5.41) is 0. The second-order valence-electron chi connectivity index (χ2n) is 6.24. The van der Waals surface area contributed by atoms with Crippen molar-refractivity contribution in [3.63, 3.8) is 0 Å². The van der Waals surface area contributed by atoms with E-state index in [1.807, 2.05) is 6.20 Å². The van der Waals surface area contributed by atoms with E-state index in [-0.39, 0.29) is 0 Å². The van der Waals surface area contributed by atoms with Crippen LogP contribution in [-0.4, -0.2) is 21.1 Å². The molecule has 4 heteroatoms. The number of unbranched alkanes of at least 4 members (excludes halogenated alkanes) is 1. The van der Waals surface area contributed by atoms with Crippen molar-refractivity contribution in [3.05, 3.63) is 47.2 Å². The zero-order valence-electron chi connectivity index (χ0n) is 14.1. The van der Waals surface area contributed by atoms with Gasteiger partial charge in [0.1, 0.15) is 11.3 Å². The van der Waals surface area contributed by atoms with Crippen molar-refractivity contribution < 1.29 is 0 Å². The molecule has 2 N–H and O–H groups in total. The second kappa shape index (κ2) is 6.50. The number of fused-ring (bicyclic) bond motifs is 1. The normalized spacial score (nSPS) is 11.3. The molecule has 0 aliphatic carbocycles. The first-order chi connectivity index (χ1) is 11.1. The minimum absolute atomic E-state index is 0.720. The highest BCUT2D eigenvalue weighted by Gasteiger charge is 2.14. The molecule has 0 spiro atoms. The number of nitrogens with two attached hydrogens (primary N) is 1. The number of benzene rings is 1. The van der Waals surface area contributed by atoms with Gasteiger partial charge in [0.2, 0.25) is 0 Å². The molecule has 23 heavy (non-hydrogen) atoms. The lowest BCUT2D eigenvalue weighted by atomic mass is 10.1. The summed E-state index contributed by atoms with van der Waals surface area (Å²) in [5.41, 5.74) is 12.4. The van der Waals surface area contributed by atoms with Crippen LogP contribution in [-0.2, 0) is 6.54 Å². The topological polar surface area (TPSA) is 56.7 Å². The van der Waals surface area contributed by atoms with Crippen molar-refractivity contribution >= 4 is 11.2 Å². The van der Waals surface area contributed by atoms with Gasteiger partial charge in [-0.3, -0.25) is 0 Å². The van der Waals surface area contributed by atoms with E-state index in [9.17, 15) is 0 Å². The predicted molar refractivity (Wildman–Crippen MR) is 95.5 cm³/mol. The molecule has 0 amide bonds. The number of hydrogen-bond donors (Lipinski definition) is 1. The van der Waals surface area contributed by atoms with E-state index in [0.29, 0.717) is 0 Å². The molecule has 0 saturated heterocycles. The molecule has 2 aromatic heterocycles. The fourth-order valence-corrected chi connectivity index (χ4v) is 2.84. The van der Waals surface area contributed by atoms with Gasteiger partial charge in [-0.1, -0.05) is 12.1 Å². The summed E-state index contributed by atoms with van der Waals surface area (Å²) >= 11 is 0. The van der Waals surface area contributed by atoms with Gasteiger partial charge in [-0.25, -0.2) is 9.97 Å². The van der Waals surface area contributed by atoms with Crippen molar-refractivity contribution in [2.45, 2.75) is 40.2 Å². The molecule has 4 nitrogen and oxygen atoms in total. The summed E-state index contributed by atoms with van der Waals surface area (Å²) in [6.07, 6.45) is 3.96. The molecule has 3 rings (SSSR count). The van der Waals surface area contributed by atoms with Crippen LogP contribution in [0.1, 0.15) is 29.5 Å². The molecule has 0 aliphatic rings. The first-order valence-corrected chi connectivity index (χ1v) is 8.20. The van der Waals surface area contributed by atoms with Gasteiger partial charge in [-0.05, 0) is 69.0 Å². The molecule has 0 radical (unpaired) electrons. The van der Waals surface area contributed by atoms with Crippen molar-refractivity contribution in [2.24, 2.45) is 5.73 Å². The van der Waals surface area contributed by atoms with Crippen molar-refractivity contribution in [2.75, 3.05) is 6.54 Å². The van der Waals surface area contributed by atoms with Crippen LogP contribution in [0.25, 0.3) is 22.6 Å². The van der Waals surface area contributed by atoms with E-state index >= 15 is 0 Å². The highest BCUT2D eigenvalue weighted by molar-refractivity contribution is 5.77.